The topological polar surface area (TPSA) is 50.1 Å². The number of nitrogens with one attached hydrogen (secondary N) is 1. The summed E-state index contributed by atoms with van der Waals surface area (Å²) < 4.78 is 41.0. The molecule has 0 unspecified atom stereocenters. The molecule has 1 aliphatic heterocycles. The largest absolute Gasteiger partial charge is 0.418 e. The fourth-order valence-electron chi connectivity index (χ4n) is 3.24. The lowest BCUT2D eigenvalue weighted by Gasteiger charge is -2.29. The number of benzene rings is 1. The first kappa shape index (κ1) is 16.3. The molecule has 1 saturated heterocycles. The molecule has 126 valence electrons. The quantitative estimate of drug-likeness (QED) is 0.908. The lowest BCUT2D eigenvalue weighted by atomic mass is 9.97. The van der Waals surface area contributed by atoms with Crippen molar-refractivity contribution in [2.24, 2.45) is 0 Å². The third-order valence-corrected chi connectivity index (χ3v) is 4.41. The maximum atomic E-state index is 13.2. The van der Waals surface area contributed by atoms with E-state index in [0.717, 1.165) is 31.9 Å². The normalized spacial score (nSPS) is 22.6. The Hall–Kier alpha value is -1.60. The summed E-state index contributed by atoms with van der Waals surface area (Å²) in [5.74, 6) is 0. The number of halogens is 3. The van der Waals surface area contributed by atoms with Crippen molar-refractivity contribution in [3.63, 3.8) is 0 Å². The molecule has 7 heteroatoms. The molecule has 0 bridgehead atoms. The Labute approximate surface area is 132 Å². The van der Waals surface area contributed by atoms with Crippen LogP contribution in [0.1, 0.15) is 31.2 Å². The highest BCUT2D eigenvalue weighted by atomic mass is 19.4. The van der Waals surface area contributed by atoms with Gasteiger partial charge in [0.05, 0.1) is 29.0 Å². The van der Waals surface area contributed by atoms with Crippen LogP contribution in [-0.2, 0) is 12.7 Å². The maximum absolute atomic E-state index is 13.2. The van der Waals surface area contributed by atoms with Crippen molar-refractivity contribution in [2.45, 2.75) is 50.6 Å². The molecule has 4 nitrogen and oxygen atoms in total. The third kappa shape index (κ3) is 3.50. The highest BCUT2D eigenvalue weighted by Crippen LogP contribution is 2.34. The Kier molecular flexibility index (Phi) is 4.59. The monoisotopic (exact) mass is 327 g/mol. The van der Waals surface area contributed by atoms with Gasteiger partial charge in [-0.1, -0.05) is 6.07 Å². The zero-order valence-corrected chi connectivity index (χ0v) is 12.7. The Morgan fingerprint density at radius 3 is 2.91 bits per heavy atom. The van der Waals surface area contributed by atoms with Gasteiger partial charge in [-0.15, -0.1) is 0 Å². The number of imidazole rings is 1. The number of fused-ring (bicyclic) bond motifs is 1. The van der Waals surface area contributed by atoms with Crippen LogP contribution >= 0.6 is 0 Å². The first-order chi connectivity index (χ1) is 11.0. The number of para-hydroxylation sites is 1. The van der Waals surface area contributed by atoms with E-state index in [1.807, 2.05) is 0 Å². The molecule has 1 fully saturated rings. The van der Waals surface area contributed by atoms with Crippen molar-refractivity contribution in [1.82, 2.24) is 14.9 Å². The third-order valence-electron chi connectivity index (χ3n) is 4.41. The number of hydrogen-bond acceptors (Lipinski definition) is 3. The molecule has 0 spiro atoms. The van der Waals surface area contributed by atoms with E-state index < -0.39 is 11.7 Å². The van der Waals surface area contributed by atoms with E-state index in [2.05, 4.69) is 10.3 Å². The van der Waals surface area contributed by atoms with Crippen molar-refractivity contribution < 1.29 is 18.3 Å². The summed E-state index contributed by atoms with van der Waals surface area (Å²) in [6.45, 7) is 1.34. The average Bonchev–Trinajstić information content (AvgIpc) is 2.91. The number of aliphatic hydroxyl groups excluding tert-OH is 1. The summed E-state index contributed by atoms with van der Waals surface area (Å²) in [6.07, 6.45) is -0.137. The molecule has 2 heterocycles. The van der Waals surface area contributed by atoms with Gasteiger partial charge in [-0.25, -0.2) is 4.98 Å². The summed E-state index contributed by atoms with van der Waals surface area (Å²) in [5.41, 5.74) is -0.156. The van der Waals surface area contributed by atoms with Gasteiger partial charge >= 0.3 is 6.18 Å². The van der Waals surface area contributed by atoms with Gasteiger partial charge in [0, 0.05) is 12.6 Å². The van der Waals surface area contributed by atoms with Crippen LogP contribution in [0.4, 0.5) is 13.2 Å². The highest BCUT2D eigenvalue weighted by Gasteiger charge is 2.34. The van der Waals surface area contributed by atoms with Crippen LogP contribution in [0.3, 0.4) is 0 Å². The first-order valence-corrected chi connectivity index (χ1v) is 7.89. The lowest BCUT2D eigenvalue weighted by molar-refractivity contribution is -0.136. The minimum atomic E-state index is -4.39. The summed E-state index contributed by atoms with van der Waals surface area (Å²) in [4.78, 5) is 4.07. The van der Waals surface area contributed by atoms with Crippen molar-refractivity contribution in [3.05, 3.63) is 30.1 Å². The Morgan fingerprint density at radius 1 is 1.35 bits per heavy atom. The fourth-order valence-corrected chi connectivity index (χ4v) is 3.24. The van der Waals surface area contributed by atoms with E-state index in [-0.39, 0.29) is 17.7 Å². The van der Waals surface area contributed by atoms with Gasteiger partial charge < -0.3 is 15.0 Å². The molecular formula is C16H20F3N3O. The molecule has 1 aromatic heterocycles. The lowest BCUT2D eigenvalue weighted by Crippen LogP contribution is -2.44. The number of nitrogens with zero attached hydrogens (tertiary/aromatic N) is 2. The summed E-state index contributed by atoms with van der Waals surface area (Å²) in [7, 11) is 0. The number of alkyl halides is 3. The van der Waals surface area contributed by atoms with Gasteiger partial charge in [-0.05, 0) is 44.4 Å². The van der Waals surface area contributed by atoms with E-state index in [4.69, 9.17) is 0 Å². The van der Waals surface area contributed by atoms with Crippen molar-refractivity contribution in [3.8, 4) is 0 Å². The number of rotatable bonds is 4. The zero-order valence-electron chi connectivity index (χ0n) is 12.7. The number of aryl methyl sites for hydroxylation is 1. The Bertz CT molecular complexity index is 668. The molecule has 3 rings (SSSR count). The van der Waals surface area contributed by atoms with Gasteiger partial charge in [0.2, 0.25) is 0 Å². The van der Waals surface area contributed by atoms with Crippen LogP contribution in [-0.4, -0.2) is 33.3 Å². The second kappa shape index (κ2) is 6.49. The van der Waals surface area contributed by atoms with Crippen molar-refractivity contribution in [1.29, 1.82) is 0 Å². The highest BCUT2D eigenvalue weighted by molar-refractivity contribution is 5.79. The van der Waals surface area contributed by atoms with Gasteiger partial charge in [0.25, 0.3) is 0 Å². The number of aliphatic hydroxyl groups is 1. The maximum Gasteiger partial charge on any atom is 0.418 e. The standard InChI is InChI=1S/C16H20F3N3O/c17-16(18,19)11-4-1-5-13-15(11)22(10-21-13)9-3-6-12-14(23)7-2-8-20-12/h1,4-5,10,12,14,20,23H,2-3,6-9H2/t12-,14+/m1/s1. The summed E-state index contributed by atoms with van der Waals surface area (Å²) in [6, 6.07) is 4.09. The van der Waals surface area contributed by atoms with E-state index in [9.17, 15) is 18.3 Å². The number of hydrogen-bond donors (Lipinski definition) is 2. The van der Waals surface area contributed by atoms with Crippen molar-refractivity contribution >= 4 is 11.0 Å². The molecule has 0 saturated carbocycles. The molecule has 2 N–H and O–H groups in total. The Balaban J connectivity index is 1.73. The average molecular weight is 327 g/mol. The van der Waals surface area contributed by atoms with E-state index in [0.29, 0.717) is 18.5 Å². The SMILES string of the molecule is O[C@H]1CCCN[C@@H]1CCCn1cnc2cccc(C(F)(F)F)c21. The van der Waals surface area contributed by atoms with Gasteiger partial charge in [0.1, 0.15) is 0 Å². The van der Waals surface area contributed by atoms with E-state index in [1.165, 1.54) is 12.4 Å². The van der Waals surface area contributed by atoms with Crippen LogP contribution in [0.25, 0.3) is 11.0 Å². The minimum Gasteiger partial charge on any atom is -0.392 e. The molecule has 23 heavy (non-hydrogen) atoms. The molecule has 0 amide bonds. The van der Waals surface area contributed by atoms with Gasteiger partial charge in [-0.3, -0.25) is 0 Å². The van der Waals surface area contributed by atoms with Gasteiger partial charge in [-0.2, -0.15) is 13.2 Å². The van der Waals surface area contributed by atoms with Crippen LogP contribution in [0, 0.1) is 0 Å². The molecule has 2 atom stereocenters. The van der Waals surface area contributed by atoms with Crippen LogP contribution in [0.5, 0.6) is 0 Å². The van der Waals surface area contributed by atoms with Crippen LogP contribution < -0.4 is 5.32 Å². The summed E-state index contributed by atoms with van der Waals surface area (Å²) >= 11 is 0. The van der Waals surface area contributed by atoms with Crippen LogP contribution in [0.15, 0.2) is 24.5 Å². The van der Waals surface area contributed by atoms with Crippen LogP contribution in [0.2, 0.25) is 0 Å². The second-order valence-electron chi connectivity index (χ2n) is 6.02. The number of aromatic nitrogens is 2. The molecule has 0 radical (unpaired) electrons. The zero-order chi connectivity index (χ0) is 16.4. The summed E-state index contributed by atoms with van der Waals surface area (Å²) in [5, 5.41) is 13.2. The Morgan fingerprint density at radius 2 is 2.17 bits per heavy atom. The minimum absolute atomic E-state index is 0.0284. The molecule has 2 aromatic rings. The van der Waals surface area contributed by atoms with Gasteiger partial charge in [0.15, 0.2) is 0 Å². The first-order valence-electron chi connectivity index (χ1n) is 7.89. The van der Waals surface area contributed by atoms with Crippen molar-refractivity contribution in [2.75, 3.05) is 6.54 Å². The number of piperidine rings is 1. The molecular weight excluding hydrogens is 307 g/mol. The smallest absolute Gasteiger partial charge is 0.392 e. The fraction of sp³-hybridized carbons (Fsp3) is 0.562. The molecule has 0 aliphatic carbocycles. The van der Waals surface area contributed by atoms with E-state index >= 15 is 0 Å². The second-order valence-corrected chi connectivity index (χ2v) is 6.02. The predicted octanol–water partition coefficient (Wildman–Crippen LogP) is 2.95. The predicted molar refractivity (Wildman–Crippen MR) is 81.0 cm³/mol. The molecule has 1 aliphatic rings. The van der Waals surface area contributed by atoms with E-state index in [1.54, 1.807) is 10.6 Å². The molecule has 1 aromatic carbocycles.